The summed E-state index contributed by atoms with van der Waals surface area (Å²) in [5.41, 5.74) is 7.04. The zero-order valence-corrected chi connectivity index (χ0v) is 13.8. The number of ether oxygens (including phenoxy) is 2. The monoisotopic (exact) mass is 312 g/mol. The quantitative estimate of drug-likeness (QED) is 0.876. The topological polar surface area (TPSA) is 47.7 Å². The smallest absolute Gasteiger partial charge is 0.179 e. The molecule has 4 nitrogen and oxygen atoms in total. The summed E-state index contributed by atoms with van der Waals surface area (Å²) in [5, 5.41) is 0.595. The molecule has 21 heavy (non-hydrogen) atoms. The maximum Gasteiger partial charge on any atom is 0.179 e. The molecule has 1 aromatic carbocycles. The minimum absolute atomic E-state index is 0.0976. The Morgan fingerprint density at radius 3 is 2.48 bits per heavy atom. The van der Waals surface area contributed by atoms with Gasteiger partial charge >= 0.3 is 0 Å². The second-order valence-electron chi connectivity index (χ2n) is 5.56. The zero-order chi connectivity index (χ0) is 15.4. The van der Waals surface area contributed by atoms with E-state index in [1.54, 1.807) is 14.2 Å². The summed E-state index contributed by atoms with van der Waals surface area (Å²) < 4.78 is 10.7. The molecule has 1 aromatic rings. The Hall–Kier alpha value is -0.970. The van der Waals surface area contributed by atoms with E-state index in [0.717, 1.165) is 5.56 Å². The van der Waals surface area contributed by atoms with Gasteiger partial charge in [0, 0.05) is 18.6 Å². The lowest BCUT2D eigenvalue weighted by atomic mass is 10.0. The van der Waals surface area contributed by atoms with E-state index in [2.05, 4.69) is 11.9 Å². The Morgan fingerprint density at radius 1 is 1.29 bits per heavy atom. The van der Waals surface area contributed by atoms with Crippen molar-refractivity contribution in [2.75, 3.05) is 27.8 Å². The number of hydrogen-bond donors (Lipinski definition) is 1. The lowest BCUT2D eigenvalue weighted by molar-refractivity contribution is 0.179. The normalized spacial score (nSPS) is 17.2. The molecule has 0 aromatic heterocycles. The van der Waals surface area contributed by atoms with Crippen LogP contribution in [0, 0.1) is 0 Å². The fourth-order valence-corrected chi connectivity index (χ4v) is 3.60. The van der Waals surface area contributed by atoms with Gasteiger partial charge in [-0.05, 0) is 31.5 Å². The highest BCUT2D eigenvalue weighted by molar-refractivity contribution is 6.33. The van der Waals surface area contributed by atoms with E-state index in [9.17, 15) is 0 Å². The van der Waals surface area contributed by atoms with Gasteiger partial charge in [0.05, 0.1) is 19.2 Å². The van der Waals surface area contributed by atoms with Crippen LogP contribution in [0.4, 0.5) is 0 Å². The van der Waals surface area contributed by atoms with Crippen molar-refractivity contribution in [1.82, 2.24) is 4.90 Å². The molecule has 1 saturated carbocycles. The second kappa shape index (κ2) is 7.34. The molecule has 0 radical (unpaired) electrons. The molecule has 118 valence electrons. The van der Waals surface area contributed by atoms with Crippen molar-refractivity contribution in [3.63, 3.8) is 0 Å². The number of rotatable bonds is 6. The first-order valence-electron chi connectivity index (χ1n) is 7.46. The molecule has 2 N–H and O–H groups in total. The molecular weight excluding hydrogens is 288 g/mol. The highest BCUT2D eigenvalue weighted by Gasteiger charge is 2.28. The number of hydrogen-bond acceptors (Lipinski definition) is 4. The Labute approximate surface area is 132 Å². The Balaban J connectivity index is 2.33. The van der Waals surface area contributed by atoms with Crippen LogP contribution in [0.2, 0.25) is 5.02 Å². The molecule has 0 heterocycles. The molecule has 5 heteroatoms. The molecule has 0 spiro atoms. The van der Waals surface area contributed by atoms with Crippen LogP contribution in [0.15, 0.2) is 12.1 Å². The fourth-order valence-electron chi connectivity index (χ4n) is 3.24. The molecule has 0 bridgehead atoms. The summed E-state index contributed by atoms with van der Waals surface area (Å²) in [5.74, 6) is 1.22. The van der Waals surface area contributed by atoms with Crippen LogP contribution in [0.25, 0.3) is 0 Å². The van der Waals surface area contributed by atoms with Crippen molar-refractivity contribution >= 4 is 11.6 Å². The summed E-state index contributed by atoms with van der Waals surface area (Å²) in [6, 6.07) is 4.57. The SMILES string of the molecule is COc1ccc(C(CN)N(C)C2CCCC2)c(Cl)c1OC. The van der Waals surface area contributed by atoms with Gasteiger partial charge in [-0.1, -0.05) is 30.5 Å². The van der Waals surface area contributed by atoms with Gasteiger partial charge in [-0.15, -0.1) is 0 Å². The number of nitrogens with two attached hydrogens (primary N) is 1. The van der Waals surface area contributed by atoms with Crippen LogP contribution >= 0.6 is 11.6 Å². The molecule has 1 atom stereocenters. The van der Waals surface area contributed by atoms with Gasteiger partial charge in [0.15, 0.2) is 11.5 Å². The summed E-state index contributed by atoms with van der Waals surface area (Å²) in [6.45, 7) is 0.530. The molecule has 2 rings (SSSR count). The van der Waals surface area contributed by atoms with Gasteiger partial charge in [-0.2, -0.15) is 0 Å². The Bertz CT molecular complexity index is 476. The number of likely N-dealkylation sites (N-methyl/N-ethyl adjacent to an activating group) is 1. The van der Waals surface area contributed by atoms with Crippen molar-refractivity contribution in [3.05, 3.63) is 22.7 Å². The van der Waals surface area contributed by atoms with Gasteiger partial charge in [-0.3, -0.25) is 4.90 Å². The molecule has 0 saturated heterocycles. The first-order valence-corrected chi connectivity index (χ1v) is 7.84. The zero-order valence-electron chi connectivity index (χ0n) is 13.1. The van der Waals surface area contributed by atoms with E-state index in [0.29, 0.717) is 29.1 Å². The van der Waals surface area contributed by atoms with Crippen LogP contribution in [0.1, 0.15) is 37.3 Å². The van der Waals surface area contributed by atoms with Gasteiger partial charge in [-0.25, -0.2) is 0 Å². The van der Waals surface area contributed by atoms with E-state index in [4.69, 9.17) is 26.8 Å². The number of methoxy groups -OCH3 is 2. The highest BCUT2D eigenvalue weighted by Crippen LogP contribution is 2.41. The molecule has 1 unspecified atom stereocenters. The van der Waals surface area contributed by atoms with Crippen molar-refractivity contribution in [2.24, 2.45) is 5.73 Å². The molecular formula is C16H25ClN2O2. The van der Waals surface area contributed by atoms with E-state index >= 15 is 0 Å². The highest BCUT2D eigenvalue weighted by atomic mass is 35.5. The lowest BCUT2D eigenvalue weighted by Crippen LogP contribution is -2.37. The second-order valence-corrected chi connectivity index (χ2v) is 5.94. The van der Waals surface area contributed by atoms with Crippen molar-refractivity contribution in [3.8, 4) is 11.5 Å². The standard InChI is InChI=1S/C16H25ClN2O2/c1-19(11-6-4-5-7-11)13(10-18)12-8-9-14(20-2)16(21-3)15(12)17/h8-9,11,13H,4-7,10,18H2,1-3H3. The fraction of sp³-hybridized carbons (Fsp3) is 0.625. The largest absolute Gasteiger partial charge is 0.493 e. The molecule has 1 fully saturated rings. The van der Waals surface area contributed by atoms with E-state index in [-0.39, 0.29) is 6.04 Å². The Morgan fingerprint density at radius 2 is 1.95 bits per heavy atom. The number of halogens is 1. The molecule has 0 amide bonds. The first kappa shape index (κ1) is 16.4. The van der Waals surface area contributed by atoms with Gasteiger partial charge in [0.1, 0.15) is 0 Å². The van der Waals surface area contributed by atoms with E-state index in [1.165, 1.54) is 25.7 Å². The minimum Gasteiger partial charge on any atom is -0.493 e. The third-order valence-electron chi connectivity index (χ3n) is 4.49. The van der Waals surface area contributed by atoms with Crippen LogP contribution in [-0.2, 0) is 0 Å². The third kappa shape index (κ3) is 3.28. The van der Waals surface area contributed by atoms with Crippen LogP contribution in [-0.4, -0.2) is 38.8 Å². The third-order valence-corrected chi connectivity index (χ3v) is 4.88. The summed E-state index contributed by atoms with van der Waals surface area (Å²) in [6.07, 6.45) is 5.06. The van der Waals surface area contributed by atoms with Gasteiger partial charge in [0.2, 0.25) is 0 Å². The van der Waals surface area contributed by atoms with E-state index in [1.807, 2.05) is 12.1 Å². The predicted octanol–water partition coefficient (Wildman–Crippen LogP) is 3.23. The van der Waals surface area contributed by atoms with Crippen molar-refractivity contribution in [2.45, 2.75) is 37.8 Å². The molecule has 1 aliphatic carbocycles. The summed E-state index contributed by atoms with van der Waals surface area (Å²) >= 11 is 6.53. The van der Waals surface area contributed by atoms with Crippen LogP contribution < -0.4 is 15.2 Å². The van der Waals surface area contributed by atoms with Crippen LogP contribution in [0.3, 0.4) is 0 Å². The lowest BCUT2D eigenvalue weighted by Gasteiger charge is -2.33. The predicted molar refractivity (Wildman–Crippen MR) is 86.4 cm³/mol. The van der Waals surface area contributed by atoms with Crippen molar-refractivity contribution < 1.29 is 9.47 Å². The van der Waals surface area contributed by atoms with E-state index < -0.39 is 0 Å². The number of benzene rings is 1. The minimum atomic E-state index is 0.0976. The maximum atomic E-state index is 6.53. The van der Waals surface area contributed by atoms with Gasteiger partial charge in [0.25, 0.3) is 0 Å². The average molecular weight is 313 g/mol. The first-order chi connectivity index (χ1) is 10.1. The Kier molecular flexibility index (Phi) is 5.73. The number of nitrogens with zero attached hydrogens (tertiary/aromatic N) is 1. The summed E-state index contributed by atoms with van der Waals surface area (Å²) in [4.78, 5) is 2.36. The van der Waals surface area contributed by atoms with Crippen LogP contribution in [0.5, 0.6) is 11.5 Å². The maximum absolute atomic E-state index is 6.53. The molecule has 1 aliphatic rings. The van der Waals surface area contributed by atoms with Crippen molar-refractivity contribution in [1.29, 1.82) is 0 Å². The molecule has 0 aliphatic heterocycles. The average Bonchev–Trinajstić information content (AvgIpc) is 3.03. The summed E-state index contributed by atoms with van der Waals surface area (Å²) in [7, 11) is 5.35. The van der Waals surface area contributed by atoms with Gasteiger partial charge < -0.3 is 15.2 Å².